The van der Waals surface area contributed by atoms with Crippen molar-refractivity contribution in [3.8, 4) is 0 Å². The summed E-state index contributed by atoms with van der Waals surface area (Å²) < 4.78 is 0. The molecule has 1 fully saturated rings. The zero-order valence-electron chi connectivity index (χ0n) is 10.8. The Kier molecular flexibility index (Phi) is 4.20. The second-order valence-corrected chi connectivity index (χ2v) is 4.82. The fourth-order valence-corrected chi connectivity index (χ4v) is 2.05. The van der Waals surface area contributed by atoms with Gasteiger partial charge in [-0.05, 0) is 24.6 Å². The molecule has 6 heteroatoms. The van der Waals surface area contributed by atoms with Gasteiger partial charge in [-0.3, -0.25) is 19.7 Å². The van der Waals surface area contributed by atoms with Crippen molar-refractivity contribution in [2.24, 2.45) is 0 Å². The van der Waals surface area contributed by atoms with Gasteiger partial charge in [-0.25, -0.2) is 0 Å². The molecule has 1 saturated heterocycles. The van der Waals surface area contributed by atoms with Gasteiger partial charge in [0.1, 0.15) is 12.6 Å². The lowest BCUT2D eigenvalue weighted by molar-refractivity contribution is -0.147. The molecule has 1 heterocycles. The van der Waals surface area contributed by atoms with Crippen LogP contribution in [0.4, 0.5) is 0 Å². The van der Waals surface area contributed by atoms with Crippen molar-refractivity contribution in [1.29, 1.82) is 0 Å². The van der Waals surface area contributed by atoms with Crippen molar-refractivity contribution in [3.05, 3.63) is 40.9 Å². The number of imide groups is 1. The lowest BCUT2D eigenvalue weighted by Gasteiger charge is -2.30. The van der Waals surface area contributed by atoms with Crippen molar-refractivity contribution in [3.63, 3.8) is 0 Å². The molecule has 1 aromatic rings. The number of benzene rings is 1. The predicted molar refractivity (Wildman–Crippen MR) is 74.8 cm³/mol. The van der Waals surface area contributed by atoms with Crippen molar-refractivity contribution >= 4 is 35.4 Å². The highest BCUT2D eigenvalue weighted by Gasteiger charge is 2.32. The van der Waals surface area contributed by atoms with Crippen LogP contribution in [-0.4, -0.2) is 35.2 Å². The fraction of sp³-hybridized carbons (Fsp3) is 0.214. The van der Waals surface area contributed by atoms with Gasteiger partial charge >= 0.3 is 0 Å². The first-order chi connectivity index (χ1) is 9.49. The van der Waals surface area contributed by atoms with Crippen LogP contribution in [0.1, 0.15) is 12.5 Å². The number of amides is 3. The van der Waals surface area contributed by atoms with Crippen molar-refractivity contribution in [2.75, 3.05) is 6.54 Å². The van der Waals surface area contributed by atoms with E-state index in [1.807, 2.05) is 0 Å². The van der Waals surface area contributed by atoms with E-state index in [0.29, 0.717) is 10.6 Å². The summed E-state index contributed by atoms with van der Waals surface area (Å²) in [5.41, 5.74) is 0.697. The number of nitrogens with one attached hydrogen (secondary N) is 1. The van der Waals surface area contributed by atoms with Crippen LogP contribution in [0.25, 0.3) is 6.08 Å². The highest BCUT2D eigenvalue weighted by molar-refractivity contribution is 6.32. The van der Waals surface area contributed by atoms with Gasteiger partial charge in [-0.1, -0.05) is 29.8 Å². The lowest BCUT2D eigenvalue weighted by atomic mass is 10.1. The maximum Gasteiger partial charge on any atom is 0.249 e. The van der Waals surface area contributed by atoms with Gasteiger partial charge in [0.2, 0.25) is 17.7 Å². The van der Waals surface area contributed by atoms with Gasteiger partial charge in [-0.15, -0.1) is 0 Å². The summed E-state index contributed by atoms with van der Waals surface area (Å²) in [6, 6.07) is 6.40. The standard InChI is InChI=1S/C14H13ClN2O3/c1-9-14(20)16-12(18)8-17(9)13(19)7-6-10-4-2-3-5-11(10)15/h2-7,9H,8H2,1H3,(H,16,18,20). The number of nitrogens with zero attached hydrogens (tertiary/aromatic N) is 1. The van der Waals surface area contributed by atoms with E-state index in [4.69, 9.17) is 11.6 Å². The summed E-state index contributed by atoms with van der Waals surface area (Å²) in [7, 11) is 0. The van der Waals surface area contributed by atoms with Gasteiger partial charge in [-0.2, -0.15) is 0 Å². The van der Waals surface area contributed by atoms with E-state index in [2.05, 4.69) is 5.32 Å². The molecule has 5 nitrogen and oxygen atoms in total. The average Bonchev–Trinajstić information content (AvgIpc) is 2.41. The third-order valence-corrected chi connectivity index (χ3v) is 3.36. The van der Waals surface area contributed by atoms with E-state index < -0.39 is 23.8 Å². The van der Waals surface area contributed by atoms with Gasteiger partial charge in [0.05, 0.1) is 0 Å². The Labute approximate surface area is 121 Å². The quantitative estimate of drug-likeness (QED) is 0.658. The fourth-order valence-electron chi connectivity index (χ4n) is 1.85. The largest absolute Gasteiger partial charge is 0.318 e. The summed E-state index contributed by atoms with van der Waals surface area (Å²) in [5, 5.41) is 2.70. The summed E-state index contributed by atoms with van der Waals surface area (Å²) in [4.78, 5) is 36.0. The number of rotatable bonds is 2. The Morgan fingerprint density at radius 2 is 2.10 bits per heavy atom. The number of hydrogen-bond donors (Lipinski definition) is 1. The van der Waals surface area contributed by atoms with Gasteiger partial charge in [0.25, 0.3) is 0 Å². The topological polar surface area (TPSA) is 66.5 Å². The number of carbonyl (C=O) groups excluding carboxylic acids is 3. The number of piperazine rings is 1. The van der Waals surface area contributed by atoms with Crippen molar-refractivity contribution in [1.82, 2.24) is 10.2 Å². The van der Waals surface area contributed by atoms with Crippen molar-refractivity contribution in [2.45, 2.75) is 13.0 Å². The molecular weight excluding hydrogens is 280 g/mol. The minimum atomic E-state index is -0.670. The monoisotopic (exact) mass is 292 g/mol. The second kappa shape index (κ2) is 5.88. The van der Waals surface area contributed by atoms with Gasteiger partial charge in [0.15, 0.2) is 0 Å². The lowest BCUT2D eigenvalue weighted by Crippen LogP contribution is -2.58. The molecular formula is C14H13ClN2O3. The van der Waals surface area contributed by atoms with E-state index in [9.17, 15) is 14.4 Å². The molecule has 20 heavy (non-hydrogen) atoms. The number of hydrogen-bond acceptors (Lipinski definition) is 3. The van der Waals surface area contributed by atoms with E-state index >= 15 is 0 Å². The van der Waals surface area contributed by atoms with Crippen molar-refractivity contribution < 1.29 is 14.4 Å². The molecule has 0 spiro atoms. The molecule has 1 aliphatic heterocycles. The maximum atomic E-state index is 12.0. The molecule has 0 aliphatic carbocycles. The zero-order valence-corrected chi connectivity index (χ0v) is 11.6. The van der Waals surface area contributed by atoms with Gasteiger partial charge < -0.3 is 4.90 Å². The minimum Gasteiger partial charge on any atom is -0.318 e. The Bertz CT molecular complexity index is 598. The first kappa shape index (κ1) is 14.3. The zero-order chi connectivity index (χ0) is 14.7. The second-order valence-electron chi connectivity index (χ2n) is 4.41. The van der Waals surface area contributed by atoms with Crippen LogP contribution in [0.3, 0.4) is 0 Å². The molecule has 0 radical (unpaired) electrons. The van der Waals surface area contributed by atoms with Gasteiger partial charge in [0, 0.05) is 11.1 Å². The summed E-state index contributed by atoms with van der Waals surface area (Å²) in [6.45, 7) is 1.45. The Balaban J connectivity index is 2.13. The third-order valence-electron chi connectivity index (χ3n) is 3.02. The minimum absolute atomic E-state index is 0.126. The Hall–Kier alpha value is -2.14. The van der Waals surface area contributed by atoms with E-state index in [-0.39, 0.29) is 6.54 Å². The number of halogens is 1. The highest BCUT2D eigenvalue weighted by atomic mass is 35.5. The van der Waals surface area contributed by atoms with Crippen LogP contribution in [0.5, 0.6) is 0 Å². The molecule has 1 atom stereocenters. The molecule has 3 amide bonds. The summed E-state index contributed by atoms with van der Waals surface area (Å²) >= 11 is 5.97. The van der Waals surface area contributed by atoms with E-state index in [1.54, 1.807) is 37.3 Å². The summed E-state index contributed by atoms with van der Waals surface area (Å²) in [6.07, 6.45) is 2.87. The Morgan fingerprint density at radius 1 is 1.40 bits per heavy atom. The first-order valence-corrected chi connectivity index (χ1v) is 6.43. The van der Waals surface area contributed by atoms with Crippen LogP contribution in [0.15, 0.2) is 30.3 Å². The molecule has 104 valence electrons. The predicted octanol–water partition coefficient (Wildman–Crippen LogP) is 1.23. The average molecular weight is 293 g/mol. The number of carbonyl (C=O) groups is 3. The molecule has 0 saturated carbocycles. The van der Waals surface area contributed by atoms with Crippen LogP contribution in [0.2, 0.25) is 5.02 Å². The van der Waals surface area contributed by atoms with Crippen LogP contribution < -0.4 is 5.32 Å². The Morgan fingerprint density at radius 3 is 2.80 bits per heavy atom. The maximum absolute atomic E-state index is 12.0. The van der Waals surface area contributed by atoms with Crippen LogP contribution >= 0.6 is 11.6 Å². The SMILES string of the molecule is CC1C(=O)NC(=O)CN1C(=O)C=Cc1ccccc1Cl. The van der Waals surface area contributed by atoms with E-state index in [1.165, 1.54) is 11.0 Å². The van der Waals surface area contributed by atoms with Crippen LogP contribution in [0, 0.1) is 0 Å². The highest BCUT2D eigenvalue weighted by Crippen LogP contribution is 2.16. The first-order valence-electron chi connectivity index (χ1n) is 6.06. The summed E-state index contributed by atoms with van der Waals surface area (Å²) in [5.74, 6) is -1.35. The molecule has 1 aromatic carbocycles. The normalized spacial score (nSPS) is 19.3. The van der Waals surface area contributed by atoms with E-state index in [0.717, 1.165) is 0 Å². The third kappa shape index (κ3) is 3.05. The van der Waals surface area contributed by atoms with Crippen LogP contribution in [-0.2, 0) is 14.4 Å². The molecule has 1 unspecified atom stereocenters. The molecule has 0 aromatic heterocycles. The molecule has 2 rings (SSSR count). The molecule has 1 aliphatic rings. The smallest absolute Gasteiger partial charge is 0.249 e. The molecule has 1 N–H and O–H groups in total. The molecule has 0 bridgehead atoms.